The number of halogens is 1. The normalized spacial score (nSPS) is 10.8. The highest BCUT2D eigenvalue weighted by Crippen LogP contribution is 2.21. The quantitative estimate of drug-likeness (QED) is 0.370. The molecule has 0 aliphatic heterocycles. The summed E-state index contributed by atoms with van der Waals surface area (Å²) in [6.45, 7) is 10.6. The van der Waals surface area contributed by atoms with Crippen LogP contribution in [0.3, 0.4) is 0 Å². The average molecular weight is 469 g/mol. The van der Waals surface area contributed by atoms with Crippen LogP contribution in [0.25, 0.3) is 0 Å². The number of aryl methyl sites for hydroxylation is 2. The molecule has 2 rings (SSSR count). The van der Waals surface area contributed by atoms with E-state index >= 15 is 0 Å². The van der Waals surface area contributed by atoms with Crippen molar-refractivity contribution in [1.82, 2.24) is 20.6 Å². The zero-order valence-corrected chi connectivity index (χ0v) is 18.2. The van der Waals surface area contributed by atoms with Gasteiger partial charge in [0.2, 0.25) is 0 Å². The van der Waals surface area contributed by atoms with Gasteiger partial charge < -0.3 is 15.4 Å². The average Bonchev–Trinajstić information content (AvgIpc) is 2.59. The van der Waals surface area contributed by atoms with Crippen LogP contribution in [0.1, 0.15) is 36.5 Å². The maximum absolute atomic E-state index is 5.73. The molecule has 0 atom stereocenters. The van der Waals surface area contributed by atoms with Gasteiger partial charge in [-0.1, -0.05) is 12.1 Å². The second-order valence-electron chi connectivity index (χ2n) is 5.69. The number of aliphatic imine (C=N–C) groups is 1. The highest BCUT2D eigenvalue weighted by atomic mass is 127. The Morgan fingerprint density at radius 3 is 2.65 bits per heavy atom. The van der Waals surface area contributed by atoms with E-state index < -0.39 is 0 Å². The van der Waals surface area contributed by atoms with Crippen LogP contribution in [-0.2, 0) is 13.1 Å². The van der Waals surface area contributed by atoms with Gasteiger partial charge in [-0.05, 0) is 45.4 Å². The number of nitrogens with one attached hydrogen (secondary N) is 2. The third-order valence-corrected chi connectivity index (χ3v) is 3.54. The van der Waals surface area contributed by atoms with Gasteiger partial charge in [0.15, 0.2) is 5.96 Å². The van der Waals surface area contributed by atoms with Gasteiger partial charge in [0, 0.05) is 18.3 Å². The Bertz CT molecular complexity index is 721. The molecule has 0 spiro atoms. The van der Waals surface area contributed by atoms with Gasteiger partial charge in [-0.3, -0.25) is 0 Å². The fourth-order valence-corrected chi connectivity index (χ4v) is 2.37. The van der Waals surface area contributed by atoms with Crippen LogP contribution in [0.5, 0.6) is 5.75 Å². The van der Waals surface area contributed by atoms with Crippen molar-refractivity contribution >= 4 is 29.9 Å². The summed E-state index contributed by atoms with van der Waals surface area (Å²) in [6, 6.07) is 8.10. The van der Waals surface area contributed by atoms with Crippen LogP contribution < -0.4 is 15.4 Å². The Labute approximate surface area is 172 Å². The maximum Gasteiger partial charge on any atom is 0.191 e. The predicted molar refractivity (Wildman–Crippen MR) is 116 cm³/mol. The Kier molecular flexibility index (Phi) is 9.93. The molecule has 2 N–H and O–H groups in total. The number of hydrogen-bond acceptors (Lipinski definition) is 4. The summed E-state index contributed by atoms with van der Waals surface area (Å²) in [7, 11) is 0. The SMILES string of the molecule is CCNC(=NCc1ccc(C)cc1OCC)NCc1ccnc(C)n1.I. The Morgan fingerprint density at radius 1 is 1.15 bits per heavy atom. The predicted octanol–water partition coefficient (Wildman–Crippen LogP) is 3.37. The van der Waals surface area contributed by atoms with Gasteiger partial charge in [0.1, 0.15) is 11.6 Å². The standard InChI is InChI=1S/C19H27N5O.HI/c1-5-20-19(23-13-17-9-10-21-15(4)24-17)22-12-16-8-7-14(3)11-18(16)25-6-2;/h7-11H,5-6,12-13H2,1-4H3,(H2,20,22,23);1H. The van der Waals surface area contributed by atoms with Crippen LogP contribution in [0.15, 0.2) is 35.5 Å². The van der Waals surface area contributed by atoms with Gasteiger partial charge in [0.05, 0.1) is 25.4 Å². The molecule has 0 radical (unpaired) electrons. The van der Waals surface area contributed by atoms with Gasteiger partial charge in [-0.25, -0.2) is 15.0 Å². The first-order valence-electron chi connectivity index (χ1n) is 8.65. The Morgan fingerprint density at radius 2 is 1.96 bits per heavy atom. The van der Waals surface area contributed by atoms with Crippen molar-refractivity contribution in [1.29, 1.82) is 0 Å². The minimum absolute atomic E-state index is 0. The van der Waals surface area contributed by atoms with Crippen molar-refractivity contribution < 1.29 is 4.74 Å². The van der Waals surface area contributed by atoms with E-state index in [9.17, 15) is 0 Å². The molecule has 0 bridgehead atoms. The number of guanidine groups is 1. The molecular formula is C19H28IN5O. The molecule has 0 aliphatic rings. The van der Waals surface area contributed by atoms with E-state index in [2.05, 4.69) is 50.7 Å². The van der Waals surface area contributed by atoms with Crippen molar-refractivity contribution in [2.75, 3.05) is 13.2 Å². The van der Waals surface area contributed by atoms with Crippen molar-refractivity contribution in [3.8, 4) is 5.75 Å². The summed E-state index contributed by atoms with van der Waals surface area (Å²) in [5.41, 5.74) is 3.19. The second-order valence-corrected chi connectivity index (χ2v) is 5.69. The Balaban J connectivity index is 0.00000338. The van der Waals surface area contributed by atoms with E-state index in [0.29, 0.717) is 19.7 Å². The van der Waals surface area contributed by atoms with Gasteiger partial charge in [-0.2, -0.15) is 0 Å². The topological polar surface area (TPSA) is 71.4 Å². The molecule has 0 aliphatic carbocycles. The number of hydrogen-bond donors (Lipinski definition) is 2. The van der Waals surface area contributed by atoms with Crippen molar-refractivity contribution in [3.63, 3.8) is 0 Å². The summed E-state index contributed by atoms with van der Waals surface area (Å²) in [5.74, 6) is 2.41. The van der Waals surface area contributed by atoms with E-state index in [0.717, 1.165) is 35.3 Å². The monoisotopic (exact) mass is 469 g/mol. The molecule has 142 valence electrons. The first-order chi connectivity index (χ1) is 12.1. The lowest BCUT2D eigenvalue weighted by Crippen LogP contribution is -2.37. The highest BCUT2D eigenvalue weighted by Gasteiger charge is 2.05. The van der Waals surface area contributed by atoms with Crippen LogP contribution in [0, 0.1) is 13.8 Å². The largest absolute Gasteiger partial charge is 0.494 e. The molecule has 1 aromatic heterocycles. The summed E-state index contributed by atoms with van der Waals surface area (Å²) >= 11 is 0. The number of ether oxygens (including phenoxy) is 1. The third kappa shape index (κ3) is 7.15. The second kappa shape index (κ2) is 11.7. The first-order valence-corrected chi connectivity index (χ1v) is 8.65. The molecule has 0 fully saturated rings. The van der Waals surface area contributed by atoms with Gasteiger partial charge in [0.25, 0.3) is 0 Å². The van der Waals surface area contributed by atoms with Crippen LogP contribution in [0.2, 0.25) is 0 Å². The van der Waals surface area contributed by atoms with E-state index in [1.165, 1.54) is 5.56 Å². The molecule has 0 saturated carbocycles. The van der Waals surface area contributed by atoms with Gasteiger partial charge in [-0.15, -0.1) is 24.0 Å². The molecule has 0 saturated heterocycles. The first kappa shape index (κ1) is 22.1. The number of aromatic nitrogens is 2. The lowest BCUT2D eigenvalue weighted by Gasteiger charge is -2.13. The molecule has 26 heavy (non-hydrogen) atoms. The molecule has 0 amide bonds. The summed E-state index contributed by atoms with van der Waals surface area (Å²) in [5, 5.41) is 6.56. The molecule has 1 aromatic carbocycles. The van der Waals surface area contributed by atoms with E-state index in [4.69, 9.17) is 4.74 Å². The van der Waals surface area contributed by atoms with E-state index in [1.807, 2.05) is 26.8 Å². The van der Waals surface area contributed by atoms with Crippen molar-refractivity contribution in [3.05, 3.63) is 53.1 Å². The lowest BCUT2D eigenvalue weighted by atomic mass is 10.1. The molecule has 1 heterocycles. The molecule has 2 aromatic rings. The van der Waals surface area contributed by atoms with Crippen molar-refractivity contribution in [2.24, 2.45) is 4.99 Å². The number of rotatable bonds is 7. The van der Waals surface area contributed by atoms with E-state index in [1.54, 1.807) is 6.20 Å². The molecule has 6 nitrogen and oxygen atoms in total. The minimum Gasteiger partial charge on any atom is -0.494 e. The molecule has 7 heteroatoms. The number of benzene rings is 1. The van der Waals surface area contributed by atoms with Crippen LogP contribution >= 0.6 is 24.0 Å². The van der Waals surface area contributed by atoms with Crippen molar-refractivity contribution in [2.45, 2.75) is 40.8 Å². The highest BCUT2D eigenvalue weighted by molar-refractivity contribution is 14.0. The minimum atomic E-state index is 0. The van der Waals surface area contributed by atoms with Crippen LogP contribution in [0.4, 0.5) is 0 Å². The lowest BCUT2D eigenvalue weighted by molar-refractivity contribution is 0.336. The fourth-order valence-electron chi connectivity index (χ4n) is 2.37. The smallest absolute Gasteiger partial charge is 0.191 e. The summed E-state index contributed by atoms with van der Waals surface area (Å²) in [4.78, 5) is 13.2. The molecule has 0 unspecified atom stereocenters. The number of nitrogens with zero attached hydrogens (tertiary/aromatic N) is 3. The van der Waals surface area contributed by atoms with Crippen LogP contribution in [-0.4, -0.2) is 29.1 Å². The third-order valence-electron chi connectivity index (χ3n) is 3.54. The van der Waals surface area contributed by atoms with Gasteiger partial charge >= 0.3 is 0 Å². The molecular weight excluding hydrogens is 441 g/mol. The van der Waals surface area contributed by atoms with E-state index in [-0.39, 0.29) is 24.0 Å². The fraction of sp³-hybridized carbons (Fsp3) is 0.421. The summed E-state index contributed by atoms with van der Waals surface area (Å²) in [6.07, 6.45) is 1.77. The zero-order chi connectivity index (χ0) is 18.1. The Hall–Kier alpha value is -1.90. The zero-order valence-electron chi connectivity index (χ0n) is 15.9. The maximum atomic E-state index is 5.73. The summed E-state index contributed by atoms with van der Waals surface area (Å²) < 4.78 is 5.73.